The second-order valence-electron chi connectivity index (χ2n) is 3.18. The van der Waals surface area contributed by atoms with Crippen LogP contribution in [0, 0.1) is 0 Å². The molecule has 0 aromatic heterocycles. The zero-order valence-corrected chi connectivity index (χ0v) is 11.0. The summed E-state index contributed by atoms with van der Waals surface area (Å²) >= 11 is 17.4. The van der Waals surface area contributed by atoms with Crippen molar-refractivity contribution in [2.24, 2.45) is 0 Å². The van der Waals surface area contributed by atoms with Crippen LogP contribution in [0.25, 0.3) is 0 Å². The number of halogens is 3. The second-order valence-corrected chi connectivity index (χ2v) is 4.37. The van der Waals surface area contributed by atoms with Crippen LogP contribution in [0.2, 0.25) is 10.0 Å². The number of hydrogen-bond donors (Lipinski definition) is 0. The lowest BCUT2D eigenvalue weighted by Crippen LogP contribution is -2.01. The van der Waals surface area contributed by atoms with Gasteiger partial charge in [0.05, 0.1) is 17.2 Å². The fourth-order valence-corrected chi connectivity index (χ4v) is 1.89. The minimum absolute atomic E-state index is 0.0600. The lowest BCUT2D eigenvalue weighted by atomic mass is 10.1. The van der Waals surface area contributed by atoms with Gasteiger partial charge in [0.1, 0.15) is 5.75 Å². The van der Waals surface area contributed by atoms with Crippen LogP contribution < -0.4 is 4.74 Å². The highest BCUT2D eigenvalue weighted by Crippen LogP contribution is 2.31. The summed E-state index contributed by atoms with van der Waals surface area (Å²) in [5.41, 5.74) is 0.414. The van der Waals surface area contributed by atoms with Crippen molar-refractivity contribution in [1.29, 1.82) is 0 Å². The number of carbonyl (C=O) groups is 1. The molecule has 88 valence electrons. The van der Waals surface area contributed by atoms with E-state index >= 15 is 0 Å². The van der Waals surface area contributed by atoms with Gasteiger partial charge in [0, 0.05) is 23.9 Å². The number of rotatable bonds is 5. The van der Waals surface area contributed by atoms with Crippen LogP contribution >= 0.6 is 34.8 Å². The summed E-state index contributed by atoms with van der Waals surface area (Å²) in [6.45, 7) is 0. The van der Waals surface area contributed by atoms with E-state index in [1.165, 1.54) is 19.2 Å². The van der Waals surface area contributed by atoms with Crippen molar-refractivity contribution in [3.05, 3.63) is 27.7 Å². The van der Waals surface area contributed by atoms with Crippen molar-refractivity contribution in [1.82, 2.24) is 0 Å². The Morgan fingerprint density at radius 1 is 1.31 bits per heavy atom. The monoisotopic (exact) mass is 280 g/mol. The third-order valence-corrected chi connectivity index (χ3v) is 2.95. The van der Waals surface area contributed by atoms with E-state index in [1.54, 1.807) is 0 Å². The van der Waals surface area contributed by atoms with Gasteiger partial charge in [-0.3, -0.25) is 4.79 Å². The molecule has 1 aromatic carbocycles. The Morgan fingerprint density at radius 2 is 2.00 bits per heavy atom. The standard InChI is InChI=1S/C11H11Cl3O2/c1-16-11-6-8(13)7(5-9(11)14)10(15)3-2-4-12/h5-6H,2-4H2,1H3. The molecule has 0 amide bonds. The minimum atomic E-state index is -0.0600. The van der Waals surface area contributed by atoms with Gasteiger partial charge in [-0.15, -0.1) is 11.6 Å². The SMILES string of the molecule is COc1cc(Cl)c(C(=O)CCCCl)cc1Cl. The van der Waals surface area contributed by atoms with Crippen molar-refractivity contribution in [2.75, 3.05) is 13.0 Å². The highest BCUT2D eigenvalue weighted by Gasteiger charge is 2.13. The molecular formula is C11H11Cl3O2. The van der Waals surface area contributed by atoms with E-state index in [1.807, 2.05) is 0 Å². The first-order valence-electron chi connectivity index (χ1n) is 4.72. The molecule has 5 heteroatoms. The van der Waals surface area contributed by atoms with E-state index in [0.29, 0.717) is 40.1 Å². The fourth-order valence-electron chi connectivity index (χ4n) is 1.26. The van der Waals surface area contributed by atoms with Gasteiger partial charge in [-0.25, -0.2) is 0 Å². The Labute approximate surface area is 109 Å². The van der Waals surface area contributed by atoms with Crippen LogP contribution in [-0.2, 0) is 0 Å². The number of ketones is 1. The summed E-state index contributed by atoms with van der Waals surface area (Å²) in [4.78, 5) is 11.7. The van der Waals surface area contributed by atoms with Crippen LogP contribution in [0.5, 0.6) is 5.75 Å². The molecule has 0 aliphatic heterocycles. The number of carbonyl (C=O) groups excluding carboxylic acids is 1. The molecule has 1 aromatic rings. The first-order valence-corrected chi connectivity index (χ1v) is 6.01. The van der Waals surface area contributed by atoms with Crippen LogP contribution in [0.1, 0.15) is 23.2 Å². The highest BCUT2D eigenvalue weighted by molar-refractivity contribution is 6.36. The quantitative estimate of drug-likeness (QED) is 0.597. The Hall–Kier alpha value is -0.440. The molecule has 0 bridgehead atoms. The van der Waals surface area contributed by atoms with Gasteiger partial charge >= 0.3 is 0 Å². The van der Waals surface area contributed by atoms with E-state index in [2.05, 4.69) is 0 Å². The average Bonchev–Trinajstić information content (AvgIpc) is 2.28. The van der Waals surface area contributed by atoms with Crippen molar-refractivity contribution in [3.8, 4) is 5.75 Å². The molecule has 16 heavy (non-hydrogen) atoms. The normalized spacial score (nSPS) is 10.2. The van der Waals surface area contributed by atoms with E-state index in [0.717, 1.165) is 0 Å². The second kappa shape index (κ2) is 6.33. The maximum Gasteiger partial charge on any atom is 0.164 e. The van der Waals surface area contributed by atoms with Crippen LogP contribution in [0.3, 0.4) is 0 Å². The molecule has 0 aliphatic carbocycles. The van der Waals surface area contributed by atoms with Crippen molar-refractivity contribution < 1.29 is 9.53 Å². The highest BCUT2D eigenvalue weighted by atomic mass is 35.5. The smallest absolute Gasteiger partial charge is 0.164 e. The summed E-state index contributed by atoms with van der Waals surface area (Å²) in [6, 6.07) is 3.07. The molecule has 2 nitrogen and oxygen atoms in total. The Balaban J connectivity index is 2.97. The zero-order valence-electron chi connectivity index (χ0n) is 8.73. The van der Waals surface area contributed by atoms with E-state index in [9.17, 15) is 4.79 Å². The van der Waals surface area contributed by atoms with Gasteiger partial charge in [0.25, 0.3) is 0 Å². The molecule has 1 rings (SSSR count). The molecule has 0 fully saturated rings. The minimum Gasteiger partial charge on any atom is -0.495 e. The number of Topliss-reactive ketones (excluding diaryl/α,β-unsaturated/α-hetero) is 1. The van der Waals surface area contributed by atoms with Gasteiger partial charge in [-0.2, -0.15) is 0 Å². The summed E-state index contributed by atoms with van der Waals surface area (Å²) in [7, 11) is 1.49. The van der Waals surface area contributed by atoms with Crippen LogP contribution in [0.15, 0.2) is 12.1 Å². The predicted octanol–water partition coefficient (Wildman–Crippen LogP) is 4.20. The number of ether oxygens (including phenoxy) is 1. The van der Waals surface area contributed by atoms with Gasteiger partial charge in [0.2, 0.25) is 0 Å². The largest absolute Gasteiger partial charge is 0.495 e. The number of hydrogen-bond acceptors (Lipinski definition) is 2. The third-order valence-electron chi connectivity index (χ3n) is 2.08. The molecule has 0 N–H and O–H groups in total. The molecule has 0 aliphatic rings. The van der Waals surface area contributed by atoms with Gasteiger partial charge < -0.3 is 4.74 Å². The first-order chi connectivity index (χ1) is 7.60. The number of benzene rings is 1. The lowest BCUT2D eigenvalue weighted by Gasteiger charge is -2.07. The first kappa shape index (κ1) is 13.6. The maximum atomic E-state index is 11.7. The number of methoxy groups -OCH3 is 1. The molecular weight excluding hydrogens is 270 g/mol. The van der Waals surface area contributed by atoms with Gasteiger partial charge in [0.15, 0.2) is 5.78 Å². The summed E-state index contributed by atoms with van der Waals surface area (Å²) in [6.07, 6.45) is 0.992. The fraction of sp³-hybridized carbons (Fsp3) is 0.364. The average molecular weight is 282 g/mol. The molecule has 0 saturated heterocycles. The van der Waals surface area contributed by atoms with Crippen molar-refractivity contribution in [2.45, 2.75) is 12.8 Å². The van der Waals surface area contributed by atoms with Crippen molar-refractivity contribution >= 4 is 40.6 Å². The third kappa shape index (κ3) is 3.27. The summed E-state index contributed by atoms with van der Waals surface area (Å²) in [5.74, 6) is 0.850. The van der Waals surface area contributed by atoms with Gasteiger partial charge in [-0.1, -0.05) is 23.2 Å². The topological polar surface area (TPSA) is 26.3 Å². The predicted molar refractivity (Wildman–Crippen MR) is 67.3 cm³/mol. The van der Waals surface area contributed by atoms with E-state index in [4.69, 9.17) is 39.5 Å². The van der Waals surface area contributed by atoms with E-state index in [-0.39, 0.29) is 5.78 Å². The Bertz CT molecular complexity index is 391. The zero-order chi connectivity index (χ0) is 12.1. The summed E-state index contributed by atoms with van der Waals surface area (Å²) in [5, 5.41) is 0.724. The molecule has 0 heterocycles. The molecule has 0 spiro atoms. The Kier molecular flexibility index (Phi) is 5.39. The summed E-state index contributed by atoms with van der Waals surface area (Å²) < 4.78 is 4.99. The van der Waals surface area contributed by atoms with Gasteiger partial charge in [-0.05, 0) is 12.5 Å². The number of alkyl halides is 1. The lowest BCUT2D eigenvalue weighted by molar-refractivity contribution is 0.0982. The maximum absolute atomic E-state index is 11.7. The van der Waals surface area contributed by atoms with Crippen LogP contribution in [-0.4, -0.2) is 18.8 Å². The van der Waals surface area contributed by atoms with Crippen molar-refractivity contribution in [3.63, 3.8) is 0 Å². The van der Waals surface area contributed by atoms with Crippen LogP contribution in [0.4, 0.5) is 0 Å². The Morgan fingerprint density at radius 3 is 2.56 bits per heavy atom. The molecule has 0 atom stereocenters. The molecule has 0 saturated carbocycles. The molecule has 0 unspecified atom stereocenters. The molecule has 0 radical (unpaired) electrons. The van der Waals surface area contributed by atoms with E-state index < -0.39 is 0 Å².